The van der Waals surface area contributed by atoms with Gasteiger partial charge in [0.25, 0.3) is 0 Å². The molecule has 0 saturated carbocycles. The van der Waals surface area contributed by atoms with E-state index in [-0.39, 0.29) is 22.8 Å². The lowest BCUT2D eigenvalue weighted by Crippen LogP contribution is -2.30. The Kier molecular flexibility index (Phi) is 7.16. The molecular formula is C21H26N2O5S. The van der Waals surface area contributed by atoms with Gasteiger partial charge in [0.2, 0.25) is 15.9 Å². The number of ether oxygens (including phenoxy) is 1. The van der Waals surface area contributed by atoms with Gasteiger partial charge in [-0.2, -0.15) is 4.72 Å². The SMILES string of the molecule is CC(=O)Nc1ccc(S(=O)(=O)NCC(=O)OCc2ccc(C(C)(C)C)cc2)cc1. The third-order valence-electron chi connectivity index (χ3n) is 4.11. The van der Waals surface area contributed by atoms with Crippen LogP contribution >= 0.6 is 0 Å². The summed E-state index contributed by atoms with van der Waals surface area (Å²) in [5.41, 5.74) is 2.51. The minimum Gasteiger partial charge on any atom is -0.460 e. The van der Waals surface area contributed by atoms with Crippen LogP contribution in [0.2, 0.25) is 0 Å². The molecule has 1 amide bonds. The number of benzene rings is 2. The first-order chi connectivity index (χ1) is 13.5. The number of sulfonamides is 1. The second-order valence-corrected chi connectivity index (χ2v) is 9.40. The summed E-state index contributed by atoms with van der Waals surface area (Å²) in [6.07, 6.45) is 0. The Bertz CT molecular complexity index is 960. The first-order valence-electron chi connectivity index (χ1n) is 9.10. The maximum Gasteiger partial charge on any atom is 0.321 e. The van der Waals surface area contributed by atoms with Crippen molar-refractivity contribution in [2.75, 3.05) is 11.9 Å². The predicted molar refractivity (Wildman–Crippen MR) is 111 cm³/mol. The van der Waals surface area contributed by atoms with E-state index in [1.807, 2.05) is 24.3 Å². The summed E-state index contributed by atoms with van der Waals surface area (Å²) in [5.74, 6) is -0.933. The number of anilines is 1. The maximum atomic E-state index is 12.3. The van der Waals surface area contributed by atoms with E-state index < -0.39 is 22.5 Å². The van der Waals surface area contributed by atoms with Crippen molar-refractivity contribution in [3.05, 3.63) is 59.7 Å². The zero-order valence-corrected chi connectivity index (χ0v) is 17.8. The quantitative estimate of drug-likeness (QED) is 0.673. The number of hydrogen-bond donors (Lipinski definition) is 2. The van der Waals surface area contributed by atoms with Crippen LogP contribution in [0.3, 0.4) is 0 Å². The minimum atomic E-state index is -3.87. The van der Waals surface area contributed by atoms with E-state index in [1.54, 1.807) is 0 Å². The van der Waals surface area contributed by atoms with Crippen LogP contribution in [-0.4, -0.2) is 26.8 Å². The zero-order chi connectivity index (χ0) is 21.7. The number of esters is 1. The Morgan fingerprint density at radius 3 is 2.07 bits per heavy atom. The molecule has 0 fully saturated rings. The van der Waals surface area contributed by atoms with Gasteiger partial charge in [-0.25, -0.2) is 8.42 Å². The summed E-state index contributed by atoms with van der Waals surface area (Å²) in [6, 6.07) is 13.4. The molecule has 0 aliphatic carbocycles. The van der Waals surface area contributed by atoms with Gasteiger partial charge in [0.15, 0.2) is 0 Å². The van der Waals surface area contributed by atoms with Crippen molar-refractivity contribution in [3.63, 3.8) is 0 Å². The van der Waals surface area contributed by atoms with Crippen molar-refractivity contribution in [2.24, 2.45) is 0 Å². The zero-order valence-electron chi connectivity index (χ0n) is 17.0. The smallest absolute Gasteiger partial charge is 0.321 e. The number of carbonyl (C=O) groups excluding carboxylic acids is 2. The summed E-state index contributed by atoms with van der Waals surface area (Å²) in [5, 5.41) is 2.55. The van der Waals surface area contributed by atoms with Gasteiger partial charge in [0.05, 0.1) is 4.90 Å². The molecule has 29 heavy (non-hydrogen) atoms. The largest absolute Gasteiger partial charge is 0.460 e. The van der Waals surface area contributed by atoms with Crippen LogP contribution in [0.1, 0.15) is 38.8 Å². The first kappa shape index (κ1) is 22.6. The van der Waals surface area contributed by atoms with Gasteiger partial charge in [-0.05, 0) is 40.8 Å². The Labute approximate surface area is 171 Å². The van der Waals surface area contributed by atoms with E-state index in [4.69, 9.17) is 4.74 Å². The van der Waals surface area contributed by atoms with Crippen LogP contribution in [0, 0.1) is 0 Å². The van der Waals surface area contributed by atoms with Gasteiger partial charge in [-0.15, -0.1) is 0 Å². The number of carbonyl (C=O) groups is 2. The molecular weight excluding hydrogens is 392 g/mol. The summed E-state index contributed by atoms with van der Waals surface area (Å²) < 4.78 is 31.9. The Balaban J connectivity index is 1.87. The second kappa shape index (κ2) is 9.19. The highest BCUT2D eigenvalue weighted by Crippen LogP contribution is 2.22. The second-order valence-electron chi connectivity index (χ2n) is 7.64. The molecule has 0 spiro atoms. The highest BCUT2D eigenvalue weighted by Gasteiger charge is 2.17. The van der Waals surface area contributed by atoms with Gasteiger partial charge in [0.1, 0.15) is 13.2 Å². The summed E-state index contributed by atoms with van der Waals surface area (Å²) in [4.78, 5) is 22.9. The highest BCUT2D eigenvalue weighted by molar-refractivity contribution is 7.89. The molecule has 2 N–H and O–H groups in total. The molecule has 0 saturated heterocycles. The molecule has 156 valence electrons. The van der Waals surface area contributed by atoms with E-state index in [9.17, 15) is 18.0 Å². The van der Waals surface area contributed by atoms with Crippen LogP contribution in [0.15, 0.2) is 53.4 Å². The summed E-state index contributed by atoms with van der Waals surface area (Å²) in [6.45, 7) is 7.29. The first-order valence-corrected chi connectivity index (χ1v) is 10.6. The third-order valence-corrected chi connectivity index (χ3v) is 5.53. The minimum absolute atomic E-state index is 0.0165. The maximum absolute atomic E-state index is 12.3. The molecule has 0 aliphatic heterocycles. The van der Waals surface area contributed by atoms with Crippen LogP contribution in [0.4, 0.5) is 5.69 Å². The van der Waals surface area contributed by atoms with E-state index >= 15 is 0 Å². The fourth-order valence-corrected chi connectivity index (χ4v) is 3.44. The van der Waals surface area contributed by atoms with Crippen molar-refractivity contribution in [1.82, 2.24) is 4.72 Å². The van der Waals surface area contributed by atoms with Crippen molar-refractivity contribution in [2.45, 2.75) is 44.6 Å². The van der Waals surface area contributed by atoms with E-state index in [0.29, 0.717) is 5.69 Å². The molecule has 2 aromatic rings. The normalized spacial score (nSPS) is 11.7. The number of amides is 1. The van der Waals surface area contributed by atoms with Gasteiger partial charge in [-0.3, -0.25) is 9.59 Å². The lowest BCUT2D eigenvalue weighted by atomic mass is 9.87. The lowest BCUT2D eigenvalue weighted by molar-refractivity contribution is -0.143. The average molecular weight is 419 g/mol. The van der Waals surface area contributed by atoms with Gasteiger partial charge >= 0.3 is 5.97 Å². The molecule has 0 aromatic heterocycles. The molecule has 7 nitrogen and oxygen atoms in total. The van der Waals surface area contributed by atoms with Crippen molar-refractivity contribution in [1.29, 1.82) is 0 Å². The predicted octanol–water partition coefficient (Wildman–Crippen LogP) is 2.96. The fourth-order valence-electron chi connectivity index (χ4n) is 2.47. The molecule has 2 aromatic carbocycles. The molecule has 0 radical (unpaired) electrons. The highest BCUT2D eigenvalue weighted by atomic mass is 32.2. The molecule has 2 rings (SSSR count). The van der Waals surface area contributed by atoms with E-state index in [2.05, 4.69) is 30.8 Å². The van der Waals surface area contributed by atoms with Crippen molar-refractivity contribution < 1.29 is 22.7 Å². The topological polar surface area (TPSA) is 102 Å². The Hall–Kier alpha value is -2.71. The van der Waals surface area contributed by atoms with E-state index in [1.165, 1.54) is 36.8 Å². The van der Waals surface area contributed by atoms with Gasteiger partial charge in [0, 0.05) is 12.6 Å². The monoisotopic (exact) mass is 418 g/mol. The number of hydrogen-bond acceptors (Lipinski definition) is 5. The molecule has 0 unspecified atom stereocenters. The standard InChI is InChI=1S/C21H26N2O5S/c1-15(24)23-18-9-11-19(12-10-18)29(26,27)22-13-20(25)28-14-16-5-7-17(8-6-16)21(2,3)4/h5-12,22H,13-14H2,1-4H3,(H,23,24). The summed E-state index contributed by atoms with van der Waals surface area (Å²) in [7, 11) is -3.87. The Morgan fingerprint density at radius 2 is 1.55 bits per heavy atom. The summed E-state index contributed by atoms with van der Waals surface area (Å²) >= 11 is 0. The van der Waals surface area contributed by atoms with Crippen LogP contribution in [0.5, 0.6) is 0 Å². The molecule has 0 heterocycles. The van der Waals surface area contributed by atoms with Gasteiger partial charge < -0.3 is 10.1 Å². The van der Waals surface area contributed by atoms with E-state index in [0.717, 1.165) is 5.56 Å². The lowest BCUT2D eigenvalue weighted by Gasteiger charge is -2.19. The van der Waals surface area contributed by atoms with Crippen LogP contribution in [-0.2, 0) is 36.4 Å². The van der Waals surface area contributed by atoms with Crippen molar-refractivity contribution >= 4 is 27.6 Å². The molecule has 0 bridgehead atoms. The van der Waals surface area contributed by atoms with Crippen molar-refractivity contribution in [3.8, 4) is 0 Å². The molecule has 0 atom stereocenters. The fraction of sp³-hybridized carbons (Fsp3) is 0.333. The van der Waals surface area contributed by atoms with Crippen LogP contribution < -0.4 is 10.0 Å². The Morgan fingerprint density at radius 1 is 0.966 bits per heavy atom. The molecule has 0 aliphatic rings. The third kappa shape index (κ3) is 6.99. The van der Waals surface area contributed by atoms with Gasteiger partial charge in [-0.1, -0.05) is 45.0 Å². The number of rotatable bonds is 7. The van der Waals surface area contributed by atoms with Crippen LogP contribution in [0.25, 0.3) is 0 Å². The average Bonchev–Trinajstić information content (AvgIpc) is 2.64. The number of nitrogens with one attached hydrogen (secondary N) is 2. The molecule has 8 heteroatoms.